The van der Waals surface area contributed by atoms with Crippen LogP contribution in [0.3, 0.4) is 0 Å². The number of methoxy groups -OCH3 is 1. The number of nitrogens with two attached hydrogens (primary N) is 1. The topological polar surface area (TPSA) is 58.8 Å². The number of hydrogen-bond acceptors (Lipinski definition) is 4. The van der Waals surface area contributed by atoms with Gasteiger partial charge < -0.3 is 15.4 Å². The Bertz CT molecular complexity index is 1120. The van der Waals surface area contributed by atoms with Crippen LogP contribution in [0.4, 0.5) is 11.4 Å². The summed E-state index contributed by atoms with van der Waals surface area (Å²) in [7, 11) is 4.23. The third-order valence-electron chi connectivity index (χ3n) is 5.90. The Labute approximate surface area is 200 Å². The lowest BCUT2D eigenvalue weighted by molar-refractivity contribution is 0.411. The summed E-state index contributed by atoms with van der Waals surface area (Å²) >= 11 is 0. The molecule has 0 fully saturated rings. The zero-order chi connectivity index (χ0) is 24.1. The van der Waals surface area contributed by atoms with Crippen LogP contribution >= 0.6 is 0 Å². The second kappa shape index (κ2) is 10.8. The molecule has 2 N–H and O–H groups in total. The SMILES string of the molecule is C=C(N)CN(c1ccc(N(C)C)cc1CC1=C(C)CCC=C1)S(=O)c1ccc(OC)c(C)c1. The number of rotatable bonds is 9. The molecule has 1 aliphatic rings. The molecule has 3 rings (SSSR count). The van der Waals surface area contributed by atoms with E-state index in [0.29, 0.717) is 17.1 Å². The van der Waals surface area contributed by atoms with Gasteiger partial charge in [-0.1, -0.05) is 24.3 Å². The Balaban J connectivity index is 2.09. The monoisotopic (exact) mass is 465 g/mol. The van der Waals surface area contributed by atoms with E-state index in [0.717, 1.165) is 47.5 Å². The van der Waals surface area contributed by atoms with Crippen LogP contribution in [-0.2, 0) is 17.4 Å². The minimum atomic E-state index is -1.47. The molecule has 0 heterocycles. The molecule has 0 aliphatic heterocycles. The molecule has 1 unspecified atom stereocenters. The normalized spacial score (nSPS) is 14.2. The van der Waals surface area contributed by atoms with E-state index >= 15 is 0 Å². The van der Waals surface area contributed by atoms with Crippen LogP contribution in [0.2, 0.25) is 0 Å². The van der Waals surface area contributed by atoms with Gasteiger partial charge in [-0.2, -0.15) is 0 Å². The maximum absolute atomic E-state index is 13.8. The molecular formula is C27H35N3O2S. The van der Waals surface area contributed by atoms with Gasteiger partial charge >= 0.3 is 0 Å². The first-order chi connectivity index (χ1) is 15.7. The van der Waals surface area contributed by atoms with Crippen LogP contribution in [0.1, 0.15) is 30.9 Å². The lowest BCUT2D eigenvalue weighted by Gasteiger charge is -2.28. The van der Waals surface area contributed by atoms with Crippen LogP contribution in [-0.4, -0.2) is 32.0 Å². The first-order valence-electron chi connectivity index (χ1n) is 11.1. The molecule has 2 aromatic rings. The Hall–Kier alpha value is -2.99. The fraction of sp³-hybridized carbons (Fsp3) is 0.333. The molecule has 5 nitrogen and oxygen atoms in total. The molecule has 0 saturated heterocycles. The van der Waals surface area contributed by atoms with E-state index in [-0.39, 0.29) is 0 Å². The van der Waals surface area contributed by atoms with Crippen molar-refractivity contribution >= 4 is 22.4 Å². The largest absolute Gasteiger partial charge is 0.496 e. The molecule has 2 aromatic carbocycles. The number of ether oxygens (including phenoxy) is 1. The Morgan fingerprint density at radius 1 is 1.18 bits per heavy atom. The molecule has 1 atom stereocenters. The van der Waals surface area contributed by atoms with Crippen LogP contribution in [0.15, 0.2) is 76.9 Å². The Morgan fingerprint density at radius 3 is 2.55 bits per heavy atom. The fourth-order valence-corrected chi connectivity index (χ4v) is 5.34. The van der Waals surface area contributed by atoms with Gasteiger partial charge in [-0.25, -0.2) is 4.21 Å². The van der Waals surface area contributed by atoms with E-state index in [2.05, 4.69) is 42.7 Å². The minimum Gasteiger partial charge on any atom is -0.496 e. The molecular weight excluding hydrogens is 430 g/mol. The van der Waals surface area contributed by atoms with Gasteiger partial charge in [0.25, 0.3) is 0 Å². The second-order valence-corrected chi connectivity index (χ2v) is 10.1. The van der Waals surface area contributed by atoms with E-state index in [1.165, 1.54) is 11.1 Å². The summed E-state index contributed by atoms with van der Waals surface area (Å²) in [4.78, 5) is 2.78. The molecule has 0 spiro atoms. The smallest absolute Gasteiger partial charge is 0.153 e. The van der Waals surface area contributed by atoms with E-state index in [4.69, 9.17) is 10.5 Å². The highest BCUT2D eigenvalue weighted by atomic mass is 32.2. The van der Waals surface area contributed by atoms with Crippen LogP contribution < -0.4 is 19.7 Å². The van der Waals surface area contributed by atoms with Gasteiger partial charge in [0, 0.05) is 25.5 Å². The summed E-state index contributed by atoms with van der Waals surface area (Å²) < 4.78 is 21.0. The lowest BCUT2D eigenvalue weighted by Crippen LogP contribution is -2.31. The van der Waals surface area contributed by atoms with Gasteiger partial charge in [0.2, 0.25) is 0 Å². The van der Waals surface area contributed by atoms with Crippen molar-refractivity contribution < 1.29 is 8.95 Å². The van der Waals surface area contributed by atoms with Gasteiger partial charge in [-0.3, -0.25) is 4.31 Å². The summed E-state index contributed by atoms with van der Waals surface area (Å²) in [5, 5.41) is 0. The number of hydrogen-bond donors (Lipinski definition) is 1. The van der Waals surface area contributed by atoms with Crippen molar-refractivity contribution in [2.24, 2.45) is 5.73 Å². The van der Waals surface area contributed by atoms with Crippen LogP contribution in [0.5, 0.6) is 5.75 Å². The van der Waals surface area contributed by atoms with Crippen LogP contribution in [0.25, 0.3) is 0 Å². The number of benzene rings is 2. The average molecular weight is 466 g/mol. The predicted molar refractivity (Wildman–Crippen MR) is 140 cm³/mol. The van der Waals surface area contributed by atoms with Crippen molar-refractivity contribution in [2.75, 3.05) is 37.0 Å². The fourth-order valence-electron chi connectivity index (χ4n) is 3.98. The minimum absolute atomic E-state index is 0.292. The molecule has 33 heavy (non-hydrogen) atoms. The number of aryl methyl sites for hydroxylation is 1. The number of nitrogens with zero attached hydrogens (tertiary/aromatic N) is 2. The van der Waals surface area contributed by atoms with Gasteiger partial charge in [0.1, 0.15) is 5.75 Å². The van der Waals surface area contributed by atoms with Gasteiger partial charge in [-0.05, 0) is 86.2 Å². The van der Waals surface area contributed by atoms with Crippen LogP contribution in [0, 0.1) is 6.92 Å². The third kappa shape index (κ3) is 5.88. The lowest BCUT2D eigenvalue weighted by atomic mass is 9.93. The second-order valence-electron chi connectivity index (χ2n) is 8.71. The van der Waals surface area contributed by atoms with Gasteiger partial charge in [0.15, 0.2) is 11.0 Å². The molecule has 0 saturated carbocycles. The van der Waals surface area contributed by atoms with Crippen molar-refractivity contribution in [3.8, 4) is 5.75 Å². The highest BCUT2D eigenvalue weighted by Gasteiger charge is 2.22. The maximum atomic E-state index is 13.8. The Morgan fingerprint density at radius 2 is 1.94 bits per heavy atom. The van der Waals surface area contributed by atoms with E-state index in [1.807, 2.05) is 49.6 Å². The van der Waals surface area contributed by atoms with E-state index in [1.54, 1.807) is 7.11 Å². The molecule has 0 radical (unpaired) electrons. The van der Waals surface area contributed by atoms with Crippen molar-refractivity contribution in [1.29, 1.82) is 0 Å². The molecule has 0 aromatic heterocycles. The molecule has 176 valence electrons. The highest BCUT2D eigenvalue weighted by Crippen LogP contribution is 2.33. The van der Waals surface area contributed by atoms with Crippen molar-refractivity contribution in [3.63, 3.8) is 0 Å². The zero-order valence-corrected chi connectivity index (χ0v) is 21.2. The molecule has 1 aliphatic carbocycles. The zero-order valence-electron chi connectivity index (χ0n) is 20.4. The molecule has 0 amide bonds. The van der Waals surface area contributed by atoms with Crippen molar-refractivity contribution in [2.45, 2.75) is 38.0 Å². The predicted octanol–water partition coefficient (Wildman–Crippen LogP) is 5.28. The van der Waals surface area contributed by atoms with Crippen molar-refractivity contribution in [1.82, 2.24) is 0 Å². The first-order valence-corrected chi connectivity index (χ1v) is 12.2. The van der Waals surface area contributed by atoms with Crippen molar-refractivity contribution in [3.05, 3.63) is 83.1 Å². The maximum Gasteiger partial charge on any atom is 0.153 e. The quantitative estimate of drug-likeness (QED) is 0.547. The Kier molecular flexibility index (Phi) is 8.03. The summed E-state index contributed by atoms with van der Waals surface area (Å²) in [5.74, 6) is 0.771. The summed E-state index contributed by atoms with van der Waals surface area (Å²) in [6.07, 6.45) is 7.39. The number of allylic oxidation sites excluding steroid dienone is 4. The average Bonchev–Trinajstić information content (AvgIpc) is 2.78. The summed E-state index contributed by atoms with van der Waals surface area (Å²) in [6, 6.07) is 11.9. The van der Waals surface area contributed by atoms with E-state index in [9.17, 15) is 4.21 Å². The highest BCUT2D eigenvalue weighted by molar-refractivity contribution is 7.86. The van der Waals surface area contributed by atoms with E-state index < -0.39 is 11.0 Å². The molecule has 6 heteroatoms. The van der Waals surface area contributed by atoms with Gasteiger partial charge in [-0.15, -0.1) is 0 Å². The summed E-state index contributed by atoms with van der Waals surface area (Å²) in [5.41, 5.74) is 13.3. The molecule has 0 bridgehead atoms. The third-order valence-corrected chi connectivity index (χ3v) is 7.28. The van der Waals surface area contributed by atoms with Gasteiger partial charge in [0.05, 0.1) is 24.2 Å². The first kappa shape index (κ1) is 24.6. The standard InChI is InChI=1S/C27H35N3O2S/c1-19-9-7-8-10-22(19)16-23-17-24(29(4)5)11-13-26(23)30(18-21(3)28)33(31)25-12-14-27(32-6)20(2)15-25/h8,10-15,17H,3,7,9,16,18,28H2,1-2,4-6H3. The number of anilines is 2. The summed E-state index contributed by atoms with van der Waals surface area (Å²) in [6.45, 7) is 8.34.